The highest BCUT2D eigenvalue weighted by Crippen LogP contribution is 2.42. The summed E-state index contributed by atoms with van der Waals surface area (Å²) in [5.74, 6) is 2.48. The molecule has 0 N–H and O–H groups in total. The van der Waals surface area contributed by atoms with E-state index >= 15 is 0 Å². The van der Waals surface area contributed by atoms with Gasteiger partial charge in [-0.3, -0.25) is 0 Å². The fourth-order valence-electron chi connectivity index (χ4n) is 3.58. The highest BCUT2D eigenvalue weighted by Gasteiger charge is 2.35. The van der Waals surface area contributed by atoms with Gasteiger partial charge in [0.1, 0.15) is 17.6 Å². The van der Waals surface area contributed by atoms with Gasteiger partial charge >= 0.3 is 0 Å². The van der Waals surface area contributed by atoms with Crippen LogP contribution in [0.3, 0.4) is 0 Å². The van der Waals surface area contributed by atoms with Crippen LogP contribution in [-0.2, 0) is 12.8 Å². The zero-order valence-corrected chi connectivity index (χ0v) is 11.6. The summed E-state index contributed by atoms with van der Waals surface area (Å²) >= 11 is 0. The predicted molar refractivity (Wildman–Crippen MR) is 78.6 cm³/mol. The second-order valence-corrected chi connectivity index (χ2v) is 5.68. The SMILES string of the molecule is COc1ccc2c(c1)CC(C1CCc3ccccc31)O2. The minimum Gasteiger partial charge on any atom is -0.497 e. The molecule has 1 aliphatic carbocycles. The molecule has 0 bridgehead atoms. The number of fused-ring (bicyclic) bond motifs is 2. The first-order chi connectivity index (χ1) is 9.85. The smallest absolute Gasteiger partial charge is 0.123 e. The Balaban J connectivity index is 1.61. The molecule has 0 saturated carbocycles. The molecule has 2 atom stereocenters. The van der Waals surface area contributed by atoms with E-state index in [0.29, 0.717) is 5.92 Å². The molecule has 0 aromatic heterocycles. The number of methoxy groups -OCH3 is 1. The van der Waals surface area contributed by atoms with Gasteiger partial charge in [-0.2, -0.15) is 0 Å². The predicted octanol–water partition coefficient (Wildman–Crippen LogP) is 3.73. The van der Waals surface area contributed by atoms with Gasteiger partial charge in [0, 0.05) is 17.9 Å². The summed E-state index contributed by atoms with van der Waals surface area (Å²) < 4.78 is 11.5. The molecule has 2 unspecified atom stereocenters. The summed E-state index contributed by atoms with van der Waals surface area (Å²) in [5, 5.41) is 0. The average Bonchev–Trinajstić information content (AvgIpc) is 3.09. The van der Waals surface area contributed by atoms with E-state index in [0.717, 1.165) is 17.9 Å². The van der Waals surface area contributed by atoms with E-state index in [4.69, 9.17) is 9.47 Å². The van der Waals surface area contributed by atoms with Crippen LogP contribution in [0.1, 0.15) is 29.0 Å². The molecular formula is C18H18O2. The molecule has 0 radical (unpaired) electrons. The van der Waals surface area contributed by atoms with Gasteiger partial charge < -0.3 is 9.47 Å². The number of rotatable bonds is 2. The fraction of sp³-hybridized carbons (Fsp3) is 0.333. The van der Waals surface area contributed by atoms with Gasteiger partial charge in [0.05, 0.1) is 7.11 Å². The Bertz CT molecular complexity index is 648. The summed E-state index contributed by atoms with van der Waals surface area (Å²) in [6, 6.07) is 14.9. The van der Waals surface area contributed by atoms with Crippen LogP contribution in [0.25, 0.3) is 0 Å². The summed E-state index contributed by atoms with van der Waals surface area (Å²) in [5.41, 5.74) is 4.26. The van der Waals surface area contributed by atoms with Gasteiger partial charge in [0.15, 0.2) is 0 Å². The molecule has 2 nitrogen and oxygen atoms in total. The highest BCUT2D eigenvalue weighted by atomic mass is 16.5. The van der Waals surface area contributed by atoms with Crippen molar-refractivity contribution in [3.8, 4) is 11.5 Å². The lowest BCUT2D eigenvalue weighted by Crippen LogP contribution is -2.21. The van der Waals surface area contributed by atoms with Crippen molar-refractivity contribution >= 4 is 0 Å². The lowest BCUT2D eigenvalue weighted by molar-refractivity contribution is 0.197. The summed E-state index contributed by atoms with van der Waals surface area (Å²) in [4.78, 5) is 0. The quantitative estimate of drug-likeness (QED) is 0.824. The van der Waals surface area contributed by atoms with E-state index in [1.807, 2.05) is 12.1 Å². The third-order valence-electron chi connectivity index (χ3n) is 4.60. The molecule has 2 aromatic rings. The van der Waals surface area contributed by atoms with E-state index in [9.17, 15) is 0 Å². The van der Waals surface area contributed by atoms with Crippen LogP contribution in [-0.4, -0.2) is 13.2 Å². The van der Waals surface area contributed by atoms with Crippen molar-refractivity contribution in [1.29, 1.82) is 0 Å². The molecule has 20 heavy (non-hydrogen) atoms. The Morgan fingerprint density at radius 1 is 1.10 bits per heavy atom. The van der Waals surface area contributed by atoms with Crippen molar-refractivity contribution in [1.82, 2.24) is 0 Å². The first kappa shape index (κ1) is 11.8. The normalized spacial score (nSPS) is 23.1. The van der Waals surface area contributed by atoms with Crippen molar-refractivity contribution in [2.24, 2.45) is 0 Å². The molecular weight excluding hydrogens is 248 g/mol. The topological polar surface area (TPSA) is 18.5 Å². The van der Waals surface area contributed by atoms with Gasteiger partial charge in [-0.05, 0) is 42.2 Å². The zero-order chi connectivity index (χ0) is 13.5. The van der Waals surface area contributed by atoms with Crippen LogP contribution in [0, 0.1) is 0 Å². The molecule has 1 aliphatic heterocycles. The van der Waals surface area contributed by atoms with E-state index in [2.05, 4.69) is 30.3 Å². The first-order valence-electron chi connectivity index (χ1n) is 7.26. The summed E-state index contributed by atoms with van der Waals surface area (Å²) in [6.45, 7) is 0. The van der Waals surface area contributed by atoms with E-state index in [1.54, 1.807) is 7.11 Å². The van der Waals surface area contributed by atoms with E-state index in [-0.39, 0.29) is 6.10 Å². The lowest BCUT2D eigenvalue weighted by atomic mass is 9.92. The Hall–Kier alpha value is -1.96. The Morgan fingerprint density at radius 3 is 2.90 bits per heavy atom. The molecule has 4 rings (SSSR count). The van der Waals surface area contributed by atoms with Crippen LogP contribution in [0.5, 0.6) is 11.5 Å². The molecule has 102 valence electrons. The minimum absolute atomic E-state index is 0.278. The Morgan fingerprint density at radius 2 is 2.00 bits per heavy atom. The van der Waals surface area contributed by atoms with Gasteiger partial charge in [-0.1, -0.05) is 24.3 Å². The molecule has 2 aliphatic rings. The fourth-order valence-corrected chi connectivity index (χ4v) is 3.58. The van der Waals surface area contributed by atoms with Crippen LogP contribution < -0.4 is 9.47 Å². The van der Waals surface area contributed by atoms with Gasteiger partial charge in [-0.15, -0.1) is 0 Å². The van der Waals surface area contributed by atoms with Crippen LogP contribution in [0.2, 0.25) is 0 Å². The maximum Gasteiger partial charge on any atom is 0.123 e. The minimum atomic E-state index is 0.278. The number of benzene rings is 2. The second-order valence-electron chi connectivity index (χ2n) is 5.68. The Labute approximate surface area is 119 Å². The summed E-state index contributed by atoms with van der Waals surface area (Å²) in [7, 11) is 1.71. The largest absolute Gasteiger partial charge is 0.497 e. The molecule has 2 heteroatoms. The van der Waals surface area contributed by atoms with Crippen LogP contribution in [0.4, 0.5) is 0 Å². The van der Waals surface area contributed by atoms with Crippen LogP contribution >= 0.6 is 0 Å². The van der Waals surface area contributed by atoms with Gasteiger partial charge in [0.2, 0.25) is 0 Å². The highest BCUT2D eigenvalue weighted by molar-refractivity contribution is 5.45. The molecule has 1 heterocycles. The van der Waals surface area contributed by atoms with E-state index < -0.39 is 0 Å². The molecule has 0 amide bonds. The molecule has 2 aromatic carbocycles. The number of hydrogen-bond donors (Lipinski definition) is 0. The van der Waals surface area contributed by atoms with Crippen molar-refractivity contribution < 1.29 is 9.47 Å². The average molecular weight is 266 g/mol. The van der Waals surface area contributed by atoms with Crippen molar-refractivity contribution in [2.45, 2.75) is 31.3 Å². The monoisotopic (exact) mass is 266 g/mol. The summed E-state index contributed by atoms with van der Waals surface area (Å²) in [6.07, 6.45) is 3.65. The maximum absolute atomic E-state index is 6.19. The maximum atomic E-state index is 6.19. The molecule has 0 spiro atoms. The van der Waals surface area contributed by atoms with E-state index in [1.165, 1.54) is 29.5 Å². The molecule has 0 saturated heterocycles. The number of hydrogen-bond acceptors (Lipinski definition) is 2. The third-order valence-corrected chi connectivity index (χ3v) is 4.60. The van der Waals surface area contributed by atoms with Crippen molar-refractivity contribution in [3.05, 3.63) is 59.2 Å². The zero-order valence-electron chi connectivity index (χ0n) is 11.6. The standard InChI is InChI=1S/C18H18O2/c1-19-14-7-9-17-13(10-14)11-18(20-17)16-8-6-12-4-2-3-5-15(12)16/h2-5,7,9-10,16,18H,6,8,11H2,1H3. The lowest BCUT2D eigenvalue weighted by Gasteiger charge is -2.19. The second kappa shape index (κ2) is 4.55. The van der Waals surface area contributed by atoms with Crippen LogP contribution in [0.15, 0.2) is 42.5 Å². The number of ether oxygens (including phenoxy) is 2. The van der Waals surface area contributed by atoms with Crippen molar-refractivity contribution in [3.63, 3.8) is 0 Å². The Kier molecular flexibility index (Phi) is 2.69. The molecule has 0 fully saturated rings. The first-order valence-corrected chi connectivity index (χ1v) is 7.26. The van der Waals surface area contributed by atoms with Gasteiger partial charge in [0.25, 0.3) is 0 Å². The third kappa shape index (κ3) is 1.79. The number of aryl methyl sites for hydroxylation is 1. The van der Waals surface area contributed by atoms with Crippen molar-refractivity contribution in [2.75, 3.05) is 7.11 Å². The van der Waals surface area contributed by atoms with Gasteiger partial charge in [-0.25, -0.2) is 0 Å².